The maximum Gasteiger partial charge on any atom is 0.408 e. The molecule has 0 radical (unpaired) electrons. The number of aliphatic hydroxyl groups excluding tert-OH is 2. The molecule has 2 rings (SSSR count). The van der Waals surface area contributed by atoms with Gasteiger partial charge in [0.1, 0.15) is 12.6 Å². The predicted molar refractivity (Wildman–Crippen MR) is 95.7 cm³/mol. The van der Waals surface area contributed by atoms with E-state index < -0.39 is 46.9 Å². The van der Waals surface area contributed by atoms with Crippen LogP contribution < -0.4 is 5.32 Å². The van der Waals surface area contributed by atoms with Gasteiger partial charge in [0.15, 0.2) is 5.02 Å². The lowest BCUT2D eigenvalue weighted by Crippen LogP contribution is -2.43. The second kappa shape index (κ2) is 8.73. The van der Waals surface area contributed by atoms with Crippen LogP contribution in [-0.4, -0.2) is 48.4 Å². The molecule has 2 aromatic rings. The van der Waals surface area contributed by atoms with Crippen LogP contribution >= 0.6 is 11.6 Å². The highest BCUT2D eigenvalue weighted by Gasteiger charge is 2.27. The number of halogens is 1. The number of hydrogen-bond donors (Lipinski definition) is 3. The Morgan fingerprint density at radius 2 is 1.89 bits per heavy atom. The number of nitrogens with one attached hydrogen (secondary N) is 1. The van der Waals surface area contributed by atoms with E-state index in [1.807, 2.05) is 0 Å². The van der Waals surface area contributed by atoms with Crippen molar-refractivity contribution in [3.63, 3.8) is 0 Å². The summed E-state index contributed by atoms with van der Waals surface area (Å²) < 4.78 is 1.03. The fourth-order valence-electron chi connectivity index (χ4n) is 2.42. The molecule has 1 amide bonds. The topological polar surface area (TPSA) is 174 Å². The molecule has 0 aliphatic rings. The lowest BCUT2D eigenvalue weighted by Gasteiger charge is -2.22. The summed E-state index contributed by atoms with van der Waals surface area (Å²) in [5.74, 6) is -1.27. The summed E-state index contributed by atoms with van der Waals surface area (Å²) in [6, 6.07) is 3.86. The normalized spacial score (nSPS) is 13.0. The standard InChI is InChI=1S/C15H16ClN5O7/c1-8-13(16)15(21(27)28)18-19(8)6-12(23)17-11(7-22)14(24)9-2-4-10(5-3-9)20(25)26/h2-5,11,14,22,24H,6-7H2,1H3,(H,17,23). The predicted octanol–water partition coefficient (Wildman–Crippen LogP) is 0.872. The van der Waals surface area contributed by atoms with Crippen molar-refractivity contribution < 1.29 is 24.9 Å². The smallest absolute Gasteiger partial charge is 0.394 e. The number of carbonyl (C=O) groups is 1. The van der Waals surface area contributed by atoms with Crippen LogP contribution in [0.15, 0.2) is 24.3 Å². The molecule has 2 unspecified atom stereocenters. The zero-order valence-electron chi connectivity index (χ0n) is 14.5. The fraction of sp³-hybridized carbons (Fsp3) is 0.333. The van der Waals surface area contributed by atoms with Crippen LogP contribution in [0.1, 0.15) is 17.4 Å². The molecule has 0 bridgehead atoms. The zero-order valence-corrected chi connectivity index (χ0v) is 15.2. The first-order chi connectivity index (χ1) is 13.1. The Morgan fingerprint density at radius 3 is 2.36 bits per heavy atom. The number of nitrogens with zero attached hydrogens (tertiary/aromatic N) is 4. The lowest BCUT2D eigenvalue weighted by atomic mass is 10.0. The molecule has 1 aromatic heterocycles. The van der Waals surface area contributed by atoms with E-state index in [4.69, 9.17) is 11.6 Å². The molecule has 0 fully saturated rings. The molecular formula is C15H16ClN5O7. The van der Waals surface area contributed by atoms with E-state index in [2.05, 4.69) is 10.4 Å². The molecule has 0 saturated carbocycles. The quantitative estimate of drug-likeness (QED) is 0.422. The third-order valence-electron chi connectivity index (χ3n) is 3.95. The van der Waals surface area contributed by atoms with E-state index in [-0.39, 0.29) is 22.0 Å². The van der Waals surface area contributed by atoms with E-state index in [1.54, 1.807) is 0 Å². The minimum absolute atomic E-state index is 0.173. The number of amides is 1. The first-order valence-corrected chi connectivity index (χ1v) is 8.23. The van der Waals surface area contributed by atoms with Crippen LogP contribution in [0.3, 0.4) is 0 Å². The Morgan fingerprint density at radius 1 is 1.29 bits per heavy atom. The molecule has 0 spiro atoms. The van der Waals surface area contributed by atoms with Gasteiger partial charge in [0.2, 0.25) is 5.91 Å². The van der Waals surface area contributed by atoms with Crippen LogP contribution in [0.4, 0.5) is 11.5 Å². The minimum atomic E-state index is -1.34. The van der Waals surface area contributed by atoms with Crippen LogP contribution in [-0.2, 0) is 11.3 Å². The molecule has 2 atom stereocenters. The number of carbonyl (C=O) groups excluding carboxylic acids is 1. The summed E-state index contributed by atoms with van der Waals surface area (Å²) >= 11 is 5.81. The van der Waals surface area contributed by atoms with Crippen molar-refractivity contribution >= 4 is 29.0 Å². The number of aromatic nitrogens is 2. The Bertz CT molecular complexity index is 899. The van der Waals surface area contributed by atoms with E-state index in [1.165, 1.54) is 31.2 Å². The summed E-state index contributed by atoms with van der Waals surface area (Å²) in [4.78, 5) is 32.3. The summed E-state index contributed by atoms with van der Waals surface area (Å²) in [6.45, 7) is 0.399. The Labute approximate surface area is 162 Å². The highest BCUT2D eigenvalue weighted by Crippen LogP contribution is 2.26. The summed E-state index contributed by atoms with van der Waals surface area (Å²) in [5, 5.41) is 47.2. The Hall–Kier alpha value is -3.09. The van der Waals surface area contributed by atoms with Crippen molar-refractivity contribution in [2.75, 3.05) is 6.61 Å². The average molecular weight is 414 g/mol. The van der Waals surface area contributed by atoms with Crippen LogP contribution in [0, 0.1) is 27.2 Å². The first kappa shape index (κ1) is 21.2. The molecule has 13 heteroatoms. The monoisotopic (exact) mass is 413 g/mol. The summed E-state index contributed by atoms with van der Waals surface area (Å²) in [7, 11) is 0. The molecule has 28 heavy (non-hydrogen) atoms. The number of nitro benzene ring substituents is 1. The zero-order chi connectivity index (χ0) is 21.0. The van der Waals surface area contributed by atoms with Gasteiger partial charge in [-0.05, 0) is 29.5 Å². The van der Waals surface area contributed by atoms with Gasteiger partial charge >= 0.3 is 5.82 Å². The highest BCUT2D eigenvalue weighted by atomic mass is 35.5. The van der Waals surface area contributed by atoms with Crippen molar-refractivity contribution in [2.45, 2.75) is 25.6 Å². The third-order valence-corrected chi connectivity index (χ3v) is 4.40. The van der Waals surface area contributed by atoms with Gasteiger partial charge in [-0.25, -0.2) is 0 Å². The van der Waals surface area contributed by atoms with Gasteiger partial charge < -0.3 is 25.6 Å². The molecule has 1 heterocycles. The second-order valence-electron chi connectivity index (χ2n) is 5.79. The van der Waals surface area contributed by atoms with E-state index >= 15 is 0 Å². The molecule has 0 aliphatic carbocycles. The van der Waals surface area contributed by atoms with Crippen LogP contribution in [0.5, 0.6) is 0 Å². The number of hydrogen-bond acceptors (Lipinski definition) is 8. The molecule has 0 saturated heterocycles. The summed E-state index contributed by atoms with van der Waals surface area (Å²) in [6.07, 6.45) is -1.34. The Balaban J connectivity index is 2.09. The first-order valence-electron chi connectivity index (χ1n) is 7.85. The lowest BCUT2D eigenvalue weighted by molar-refractivity contribution is -0.389. The Kier molecular flexibility index (Phi) is 6.62. The highest BCUT2D eigenvalue weighted by molar-refractivity contribution is 6.33. The molecule has 3 N–H and O–H groups in total. The van der Waals surface area contributed by atoms with Crippen molar-refractivity contribution in [3.8, 4) is 0 Å². The maximum absolute atomic E-state index is 12.2. The van der Waals surface area contributed by atoms with Crippen LogP contribution in [0.25, 0.3) is 0 Å². The van der Waals surface area contributed by atoms with Gasteiger partial charge in [0.05, 0.1) is 28.4 Å². The van der Waals surface area contributed by atoms with Gasteiger partial charge in [0, 0.05) is 12.1 Å². The molecule has 12 nitrogen and oxygen atoms in total. The molecule has 150 valence electrons. The van der Waals surface area contributed by atoms with E-state index in [9.17, 15) is 35.2 Å². The van der Waals surface area contributed by atoms with Gasteiger partial charge in [-0.15, -0.1) is 0 Å². The van der Waals surface area contributed by atoms with E-state index in [0.717, 1.165) is 4.68 Å². The average Bonchev–Trinajstić information content (AvgIpc) is 2.94. The van der Waals surface area contributed by atoms with Gasteiger partial charge in [0.25, 0.3) is 5.69 Å². The van der Waals surface area contributed by atoms with E-state index in [0.29, 0.717) is 0 Å². The largest absolute Gasteiger partial charge is 0.408 e. The number of non-ortho nitro benzene ring substituents is 1. The molecule has 0 aliphatic heterocycles. The SMILES string of the molecule is Cc1c(Cl)c([N+](=O)[O-])nn1CC(=O)NC(CO)C(O)c1ccc([N+](=O)[O-])cc1. The number of benzene rings is 1. The minimum Gasteiger partial charge on any atom is -0.394 e. The second-order valence-corrected chi connectivity index (χ2v) is 6.17. The van der Waals surface area contributed by atoms with Crippen molar-refractivity contribution in [3.05, 3.63) is 60.8 Å². The van der Waals surface area contributed by atoms with Crippen molar-refractivity contribution in [1.29, 1.82) is 0 Å². The van der Waals surface area contributed by atoms with Crippen molar-refractivity contribution in [1.82, 2.24) is 15.1 Å². The number of rotatable bonds is 8. The van der Waals surface area contributed by atoms with Gasteiger partial charge in [-0.1, -0.05) is 11.6 Å². The fourth-order valence-corrected chi connectivity index (χ4v) is 2.62. The van der Waals surface area contributed by atoms with Crippen molar-refractivity contribution in [2.24, 2.45) is 0 Å². The third kappa shape index (κ3) is 4.60. The number of nitro groups is 2. The van der Waals surface area contributed by atoms with Crippen LogP contribution in [0.2, 0.25) is 5.02 Å². The number of aliphatic hydroxyl groups is 2. The maximum atomic E-state index is 12.2. The summed E-state index contributed by atoms with van der Waals surface area (Å²) in [5.41, 5.74) is 0.284. The van der Waals surface area contributed by atoms with Gasteiger partial charge in [-0.3, -0.25) is 14.9 Å². The molecule has 1 aromatic carbocycles. The van der Waals surface area contributed by atoms with Gasteiger partial charge in [-0.2, -0.15) is 4.68 Å². The molecular weight excluding hydrogens is 398 g/mol.